The van der Waals surface area contributed by atoms with Gasteiger partial charge in [0.1, 0.15) is 5.54 Å². The lowest BCUT2D eigenvalue weighted by atomic mass is 9.97. The summed E-state index contributed by atoms with van der Waals surface area (Å²) in [6.45, 7) is 5.79. The van der Waals surface area contributed by atoms with E-state index in [1.54, 1.807) is 6.92 Å². The van der Waals surface area contributed by atoms with Crippen LogP contribution in [-0.4, -0.2) is 40.0 Å². The molecule has 1 saturated heterocycles. The minimum Gasteiger partial charge on any atom is -0.480 e. The Hall–Kier alpha value is -1.10. The van der Waals surface area contributed by atoms with Gasteiger partial charge in [-0.25, -0.2) is 4.79 Å². The first-order valence-corrected chi connectivity index (χ1v) is 5.61. The zero-order chi connectivity index (χ0) is 12.5. The number of carboxylic acid groups (broad SMARTS) is 1. The number of carboxylic acids is 1. The van der Waals surface area contributed by atoms with Crippen molar-refractivity contribution in [2.24, 2.45) is 11.7 Å². The molecule has 2 unspecified atom stereocenters. The Kier molecular flexibility index (Phi) is 3.57. The number of hydrogen-bond acceptors (Lipinski definition) is 3. The molecule has 0 aromatic heterocycles. The van der Waals surface area contributed by atoms with Crippen LogP contribution >= 0.6 is 0 Å². The van der Waals surface area contributed by atoms with Gasteiger partial charge in [-0.05, 0) is 25.7 Å². The number of carbonyl (C=O) groups is 2. The summed E-state index contributed by atoms with van der Waals surface area (Å²) in [6, 6.07) is -0.614. The number of likely N-dealkylation sites (tertiary alicyclic amines) is 1. The average molecular weight is 228 g/mol. The Labute approximate surface area is 95.6 Å². The van der Waals surface area contributed by atoms with Gasteiger partial charge in [-0.2, -0.15) is 0 Å². The number of amides is 1. The maximum absolute atomic E-state index is 12.0. The maximum atomic E-state index is 12.0. The third-order valence-corrected chi connectivity index (χ3v) is 3.37. The largest absolute Gasteiger partial charge is 0.480 e. The van der Waals surface area contributed by atoms with E-state index in [0.717, 1.165) is 6.42 Å². The Morgan fingerprint density at radius 2 is 2.00 bits per heavy atom. The van der Waals surface area contributed by atoms with E-state index in [-0.39, 0.29) is 11.8 Å². The molecule has 5 heteroatoms. The van der Waals surface area contributed by atoms with Crippen LogP contribution in [0.4, 0.5) is 0 Å². The lowest BCUT2D eigenvalue weighted by Crippen LogP contribution is -2.56. The highest BCUT2D eigenvalue weighted by Crippen LogP contribution is 2.30. The Bertz CT molecular complexity index is 304. The molecule has 0 bridgehead atoms. The lowest BCUT2D eigenvalue weighted by Gasteiger charge is -2.33. The van der Waals surface area contributed by atoms with Crippen LogP contribution in [0.3, 0.4) is 0 Å². The van der Waals surface area contributed by atoms with Gasteiger partial charge in [0.15, 0.2) is 0 Å². The molecular weight excluding hydrogens is 208 g/mol. The monoisotopic (exact) mass is 228 g/mol. The Morgan fingerprint density at radius 3 is 2.44 bits per heavy atom. The van der Waals surface area contributed by atoms with Crippen molar-refractivity contribution in [2.45, 2.75) is 45.2 Å². The van der Waals surface area contributed by atoms with Gasteiger partial charge in [0.05, 0.1) is 6.04 Å². The van der Waals surface area contributed by atoms with Crippen molar-refractivity contribution in [3.63, 3.8) is 0 Å². The van der Waals surface area contributed by atoms with Crippen LogP contribution in [0.15, 0.2) is 0 Å². The summed E-state index contributed by atoms with van der Waals surface area (Å²) in [7, 11) is 0. The first-order chi connectivity index (χ1) is 7.30. The summed E-state index contributed by atoms with van der Waals surface area (Å²) in [6.07, 6.45) is 1.22. The van der Waals surface area contributed by atoms with Gasteiger partial charge in [-0.15, -0.1) is 0 Å². The molecule has 0 radical (unpaired) electrons. The van der Waals surface area contributed by atoms with Gasteiger partial charge in [0.25, 0.3) is 0 Å². The molecule has 1 aliphatic rings. The first-order valence-electron chi connectivity index (χ1n) is 5.61. The van der Waals surface area contributed by atoms with Gasteiger partial charge in [-0.1, -0.05) is 13.8 Å². The third-order valence-electron chi connectivity index (χ3n) is 3.37. The second kappa shape index (κ2) is 4.41. The molecule has 1 aliphatic heterocycles. The first kappa shape index (κ1) is 13.0. The Morgan fingerprint density at radius 1 is 1.44 bits per heavy atom. The summed E-state index contributed by atoms with van der Waals surface area (Å²) in [5, 5.41) is 9.18. The summed E-state index contributed by atoms with van der Waals surface area (Å²) in [4.78, 5) is 24.7. The van der Waals surface area contributed by atoms with Crippen LogP contribution in [0.2, 0.25) is 0 Å². The quantitative estimate of drug-likeness (QED) is 0.734. The maximum Gasteiger partial charge on any atom is 0.329 e. The highest BCUT2D eigenvalue weighted by molar-refractivity contribution is 5.90. The zero-order valence-electron chi connectivity index (χ0n) is 10.1. The molecule has 16 heavy (non-hydrogen) atoms. The van der Waals surface area contributed by atoms with Crippen LogP contribution in [0, 0.1) is 5.92 Å². The van der Waals surface area contributed by atoms with E-state index in [1.165, 1.54) is 4.90 Å². The van der Waals surface area contributed by atoms with Crippen LogP contribution in [-0.2, 0) is 9.59 Å². The minimum absolute atomic E-state index is 0.0196. The molecule has 3 N–H and O–H groups in total. The predicted octanol–water partition coefficient (Wildman–Crippen LogP) is 0.435. The van der Waals surface area contributed by atoms with E-state index < -0.39 is 17.6 Å². The van der Waals surface area contributed by atoms with Gasteiger partial charge in [0.2, 0.25) is 5.91 Å². The summed E-state index contributed by atoms with van der Waals surface area (Å²) in [5.74, 6) is -1.18. The van der Waals surface area contributed by atoms with Gasteiger partial charge in [0, 0.05) is 6.54 Å². The predicted molar refractivity (Wildman–Crippen MR) is 59.8 cm³/mol. The molecule has 92 valence electrons. The molecule has 0 saturated carbocycles. The van der Waals surface area contributed by atoms with E-state index >= 15 is 0 Å². The van der Waals surface area contributed by atoms with Crippen LogP contribution in [0.5, 0.6) is 0 Å². The second-order valence-corrected chi connectivity index (χ2v) is 4.94. The number of rotatable bonds is 3. The number of hydrogen-bond donors (Lipinski definition) is 2. The lowest BCUT2D eigenvalue weighted by molar-refractivity contribution is -0.156. The SMILES string of the molecule is CC(C)C(N)C(=O)N1CCCC1(C)C(=O)O. The fourth-order valence-electron chi connectivity index (χ4n) is 2.00. The number of nitrogens with two attached hydrogens (primary N) is 1. The minimum atomic E-state index is -1.08. The zero-order valence-corrected chi connectivity index (χ0v) is 10.1. The summed E-state index contributed by atoms with van der Waals surface area (Å²) in [5.41, 5.74) is 4.70. The van der Waals surface area contributed by atoms with Crippen LogP contribution in [0.25, 0.3) is 0 Å². The fraction of sp³-hybridized carbons (Fsp3) is 0.818. The molecule has 0 aromatic carbocycles. The smallest absolute Gasteiger partial charge is 0.329 e. The van der Waals surface area contributed by atoms with E-state index in [2.05, 4.69) is 0 Å². The molecule has 0 aliphatic carbocycles. The Balaban J connectivity index is 2.88. The normalized spacial score (nSPS) is 27.2. The van der Waals surface area contributed by atoms with Crippen LogP contribution in [0.1, 0.15) is 33.6 Å². The second-order valence-electron chi connectivity index (χ2n) is 4.94. The molecule has 1 fully saturated rings. The van der Waals surface area contributed by atoms with Crippen molar-refractivity contribution in [2.75, 3.05) is 6.54 Å². The number of carbonyl (C=O) groups excluding carboxylic acids is 1. The van der Waals surface area contributed by atoms with Crippen molar-refractivity contribution < 1.29 is 14.7 Å². The molecule has 1 heterocycles. The molecule has 1 rings (SSSR count). The fourth-order valence-corrected chi connectivity index (χ4v) is 2.00. The van der Waals surface area contributed by atoms with Crippen molar-refractivity contribution in [1.29, 1.82) is 0 Å². The summed E-state index contributed by atoms with van der Waals surface area (Å²) >= 11 is 0. The molecule has 1 amide bonds. The van der Waals surface area contributed by atoms with Crippen molar-refractivity contribution in [1.82, 2.24) is 4.90 Å². The van der Waals surface area contributed by atoms with E-state index in [1.807, 2.05) is 13.8 Å². The number of nitrogens with zero attached hydrogens (tertiary/aromatic N) is 1. The highest BCUT2D eigenvalue weighted by atomic mass is 16.4. The summed E-state index contributed by atoms with van der Waals surface area (Å²) < 4.78 is 0. The topological polar surface area (TPSA) is 83.6 Å². The molecular formula is C11H20N2O3. The number of aliphatic carboxylic acids is 1. The van der Waals surface area contributed by atoms with Crippen molar-refractivity contribution in [3.8, 4) is 0 Å². The molecule has 0 aromatic rings. The van der Waals surface area contributed by atoms with Crippen molar-refractivity contribution in [3.05, 3.63) is 0 Å². The molecule has 5 nitrogen and oxygen atoms in total. The van der Waals surface area contributed by atoms with Gasteiger partial charge < -0.3 is 15.7 Å². The molecule has 0 spiro atoms. The average Bonchev–Trinajstić information content (AvgIpc) is 2.59. The molecule has 2 atom stereocenters. The van der Waals surface area contributed by atoms with Gasteiger partial charge in [-0.3, -0.25) is 4.79 Å². The standard InChI is InChI=1S/C11H20N2O3/c1-7(2)8(12)9(14)13-6-4-5-11(13,3)10(15)16/h7-8H,4-6,12H2,1-3H3,(H,15,16). The van der Waals surface area contributed by atoms with Crippen molar-refractivity contribution >= 4 is 11.9 Å². The van der Waals surface area contributed by atoms with E-state index in [0.29, 0.717) is 13.0 Å². The van der Waals surface area contributed by atoms with E-state index in [9.17, 15) is 14.7 Å². The van der Waals surface area contributed by atoms with E-state index in [4.69, 9.17) is 5.73 Å². The van der Waals surface area contributed by atoms with Crippen LogP contribution < -0.4 is 5.73 Å². The van der Waals surface area contributed by atoms with Gasteiger partial charge >= 0.3 is 5.97 Å². The highest BCUT2D eigenvalue weighted by Gasteiger charge is 2.47. The third kappa shape index (κ3) is 2.04.